The molecule has 0 aliphatic rings. The van der Waals surface area contributed by atoms with Crippen molar-refractivity contribution in [1.29, 1.82) is 0 Å². The molecule has 0 radical (unpaired) electrons. The molecule has 0 aromatic heterocycles. The van der Waals surface area contributed by atoms with Gasteiger partial charge >= 0.3 is 5.97 Å². The number of hydrogen-bond acceptors (Lipinski definition) is 12. The molecule has 4 unspecified atom stereocenters. The molecule has 0 aliphatic carbocycles. The molecule has 0 aliphatic heterocycles. The lowest BCUT2D eigenvalue weighted by Gasteiger charge is -2.36. The third kappa shape index (κ3) is 15.1. The maximum Gasteiger partial charge on any atom is 0.317 e. The number of aliphatic hydroxyl groups excluding tert-OH is 6. The van der Waals surface area contributed by atoms with Crippen molar-refractivity contribution >= 4 is 17.8 Å². The van der Waals surface area contributed by atoms with Crippen LogP contribution in [0.15, 0.2) is 0 Å². The average molecular weight is 540 g/mol. The van der Waals surface area contributed by atoms with Crippen LogP contribution in [-0.2, 0) is 14.4 Å². The van der Waals surface area contributed by atoms with E-state index in [2.05, 4.69) is 10.6 Å². The van der Waals surface area contributed by atoms with Crippen LogP contribution in [0.25, 0.3) is 0 Å². The van der Waals surface area contributed by atoms with E-state index in [1.807, 2.05) is 0 Å². The Hall–Kier alpha value is -1.95. The van der Waals surface area contributed by atoms with E-state index in [4.69, 9.17) is 10.2 Å². The number of hydrogen-bond donors (Lipinski definition) is 9. The van der Waals surface area contributed by atoms with Gasteiger partial charge in [0, 0.05) is 38.3 Å². The summed E-state index contributed by atoms with van der Waals surface area (Å²) >= 11 is 0. The van der Waals surface area contributed by atoms with Gasteiger partial charge in [-0.3, -0.25) is 29.1 Å². The topological polar surface area (TPSA) is 227 Å². The van der Waals surface area contributed by atoms with Crippen molar-refractivity contribution in [3.63, 3.8) is 0 Å². The van der Waals surface area contributed by atoms with Gasteiger partial charge in [0.15, 0.2) is 0 Å². The normalized spacial score (nSPS) is 15.0. The van der Waals surface area contributed by atoms with E-state index in [9.17, 15) is 39.9 Å². The minimum Gasteiger partial charge on any atom is -0.480 e. The summed E-state index contributed by atoms with van der Waals surface area (Å²) in [6.45, 7) is 1.60. The highest BCUT2D eigenvalue weighted by molar-refractivity contribution is 5.78. The van der Waals surface area contributed by atoms with Crippen LogP contribution in [0.4, 0.5) is 0 Å². The predicted octanol–water partition coefficient (Wildman–Crippen LogP) is -5.32. The maximum atomic E-state index is 12.2. The molecule has 0 saturated heterocycles. The first-order valence-corrected chi connectivity index (χ1v) is 12.3. The van der Waals surface area contributed by atoms with E-state index in [1.165, 1.54) is 4.90 Å². The molecule has 0 spiro atoms. The monoisotopic (exact) mass is 539 g/mol. The van der Waals surface area contributed by atoms with Gasteiger partial charge in [0.05, 0.1) is 58.3 Å². The Labute approximate surface area is 217 Å². The first-order chi connectivity index (χ1) is 17.5. The van der Waals surface area contributed by atoms with Crippen molar-refractivity contribution in [1.82, 2.24) is 25.3 Å². The molecule has 4 atom stereocenters. The van der Waals surface area contributed by atoms with Crippen LogP contribution in [0.3, 0.4) is 0 Å². The van der Waals surface area contributed by atoms with Crippen LogP contribution < -0.4 is 10.6 Å². The van der Waals surface area contributed by atoms with Crippen LogP contribution in [0, 0.1) is 0 Å². The first-order valence-electron chi connectivity index (χ1n) is 12.3. The lowest BCUT2D eigenvalue weighted by Crippen LogP contribution is -2.55. The largest absolute Gasteiger partial charge is 0.480 e. The van der Waals surface area contributed by atoms with Crippen molar-refractivity contribution in [2.24, 2.45) is 0 Å². The average Bonchev–Trinajstić information content (AvgIpc) is 2.88. The van der Waals surface area contributed by atoms with Crippen molar-refractivity contribution < 1.29 is 50.1 Å². The number of carboxylic acid groups (broad SMARTS) is 1. The van der Waals surface area contributed by atoms with Gasteiger partial charge in [-0.1, -0.05) is 13.8 Å². The number of carbonyl (C=O) groups is 3. The summed E-state index contributed by atoms with van der Waals surface area (Å²) in [4.78, 5) is 40.8. The standard InChI is InChI=1S/C22H45N5O10/c1-3-26(9-20(34)23-5-18(32)14-30)16(12-28)7-25(11-22(36)37)8-17(13-29)27(4-2)10-21(35)24-6-19(33)15-31/h16-19,28-33H,3-15H2,1-2H3,(H,23,34)(H,24,35)(H,36,37). The number of nitrogens with zero attached hydrogens (tertiary/aromatic N) is 3. The minimum atomic E-state index is -1.13. The molecule has 218 valence electrons. The van der Waals surface area contributed by atoms with Crippen LogP contribution in [0.1, 0.15) is 13.8 Å². The summed E-state index contributed by atoms with van der Waals surface area (Å²) in [7, 11) is 0. The van der Waals surface area contributed by atoms with E-state index >= 15 is 0 Å². The molecular weight excluding hydrogens is 494 g/mol. The Morgan fingerprint density at radius 2 is 1.05 bits per heavy atom. The highest BCUT2D eigenvalue weighted by Crippen LogP contribution is 2.08. The quantitative estimate of drug-likeness (QED) is 0.0627. The summed E-state index contributed by atoms with van der Waals surface area (Å²) in [5.74, 6) is -2.02. The number of rotatable bonds is 22. The zero-order chi connectivity index (χ0) is 28.4. The van der Waals surface area contributed by atoms with Gasteiger partial charge < -0.3 is 46.4 Å². The molecule has 2 amide bonds. The van der Waals surface area contributed by atoms with Crippen molar-refractivity contribution in [2.75, 3.05) is 85.3 Å². The van der Waals surface area contributed by atoms with Gasteiger partial charge in [-0.05, 0) is 13.1 Å². The molecule has 0 fully saturated rings. The number of nitrogens with one attached hydrogen (secondary N) is 2. The van der Waals surface area contributed by atoms with Gasteiger partial charge in [0.25, 0.3) is 0 Å². The van der Waals surface area contributed by atoms with Gasteiger partial charge in [-0.15, -0.1) is 0 Å². The Bertz CT molecular complexity index is 613. The maximum absolute atomic E-state index is 12.2. The second-order valence-corrected chi connectivity index (χ2v) is 8.67. The Balaban J connectivity index is 5.34. The molecule has 0 aromatic carbocycles. The van der Waals surface area contributed by atoms with Crippen molar-refractivity contribution in [2.45, 2.75) is 38.1 Å². The van der Waals surface area contributed by atoms with Crippen molar-refractivity contribution in [3.05, 3.63) is 0 Å². The number of amides is 2. The van der Waals surface area contributed by atoms with Crippen LogP contribution in [-0.4, -0.2) is 178 Å². The third-order valence-corrected chi connectivity index (χ3v) is 5.75. The summed E-state index contributed by atoms with van der Waals surface area (Å²) < 4.78 is 0. The van der Waals surface area contributed by atoms with Gasteiger partial charge in [0.2, 0.25) is 11.8 Å². The first kappa shape index (κ1) is 35.0. The molecule has 37 heavy (non-hydrogen) atoms. The highest BCUT2D eigenvalue weighted by atomic mass is 16.4. The van der Waals surface area contributed by atoms with Crippen LogP contribution in [0.5, 0.6) is 0 Å². The lowest BCUT2D eigenvalue weighted by atomic mass is 10.1. The van der Waals surface area contributed by atoms with E-state index in [0.717, 1.165) is 0 Å². The number of carboxylic acids is 1. The van der Waals surface area contributed by atoms with Crippen molar-refractivity contribution in [3.8, 4) is 0 Å². The second-order valence-electron chi connectivity index (χ2n) is 8.67. The van der Waals surface area contributed by atoms with E-state index in [-0.39, 0.29) is 52.5 Å². The Morgan fingerprint density at radius 1 is 0.676 bits per heavy atom. The molecule has 0 bridgehead atoms. The molecule has 15 heteroatoms. The van der Waals surface area contributed by atoms with E-state index in [1.54, 1.807) is 23.6 Å². The highest BCUT2D eigenvalue weighted by Gasteiger charge is 2.27. The summed E-state index contributed by atoms with van der Waals surface area (Å²) in [5, 5.41) is 70.9. The van der Waals surface area contributed by atoms with Gasteiger partial charge in [-0.25, -0.2) is 0 Å². The zero-order valence-corrected chi connectivity index (χ0v) is 21.7. The molecule has 0 heterocycles. The number of carbonyl (C=O) groups excluding carboxylic acids is 2. The predicted molar refractivity (Wildman–Crippen MR) is 133 cm³/mol. The number of aliphatic hydroxyl groups is 6. The summed E-state index contributed by atoms with van der Waals surface area (Å²) in [5.41, 5.74) is 0. The Morgan fingerprint density at radius 3 is 1.32 bits per heavy atom. The summed E-state index contributed by atoms with van der Waals surface area (Å²) in [6, 6.07) is -1.26. The SMILES string of the molecule is CCN(CC(=O)NCC(O)CO)C(CO)CN(CC(=O)O)CC(CO)N(CC)CC(=O)NCC(O)CO. The van der Waals surface area contributed by atoms with E-state index in [0.29, 0.717) is 13.1 Å². The van der Waals surface area contributed by atoms with Crippen LogP contribution >= 0.6 is 0 Å². The Kier molecular flexibility index (Phi) is 19.0. The van der Waals surface area contributed by atoms with Gasteiger partial charge in [-0.2, -0.15) is 0 Å². The molecule has 0 aromatic rings. The fourth-order valence-electron chi connectivity index (χ4n) is 3.64. The molecule has 0 saturated carbocycles. The lowest BCUT2D eigenvalue weighted by molar-refractivity contribution is -0.139. The number of aliphatic carboxylic acids is 1. The minimum absolute atomic E-state index is 0.0477. The zero-order valence-electron chi connectivity index (χ0n) is 21.7. The third-order valence-electron chi connectivity index (χ3n) is 5.75. The van der Waals surface area contributed by atoms with Gasteiger partial charge in [0.1, 0.15) is 0 Å². The van der Waals surface area contributed by atoms with E-state index < -0.39 is 61.8 Å². The fourth-order valence-corrected chi connectivity index (χ4v) is 3.64. The molecular formula is C22H45N5O10. The second kappa shape index (κ2) is 20.1. The molecule has 15 nitrogen and oxygen atoms in total. The fraction of sp³-hybridized carbons (Fsp3) is 0.864. The molecule has 0 rings (SSSR count). The summed E-state index contributed by atoms with van der Waals surface area (Å²) in [6.07, 6.45) is -2.20. The smallest absolute Gasteiger partial charge is 0.317 e. The molecule has 9 N–H and O–H groups in total. The van der Waals surface area contributed by atoms with Crippen LogP contribution in [0.2, 0.25) is 0 Å². The number of likely N-dealkylation sites (N-methyl/N-ethyl adjacent to an activating group) is 2.